The lowest BCUT2D eigenvalue weighted by Crippen LogP contribution is -1.83. The molecule has 0 saturated heterocycles. The van der Waals surface area contributed by atoms with E-state index in [-0.39, 0.29) is 0 Å². The summed E-state index contributed by atoms with van der Waals surface area (Å²) >= 11 is 3.36. The lowest BCUT2D eigenvalue weighted by Gasteiger charge is -1.99. The highest BCUT2D eigenvalue weighted by Crippen LogP contribution is 2.21. The van der Waals surface area contributed by atoms with Gasteiger partial charge in [0.2, 0.25) is 0 Å². The number of aliphatic imine (C=N–C) groups is 1. The fraction of sp³-hybridized carbons (Fsp3) is 0.118. The number of thioether (sulfide) groups is 2. The Morgan fingerprint density at radius 1 is 1.00 bits per heavy atom. The summed E-state index contributed by atoms with van der Waals surface area (Å²) in [4.78, 5) is 5.84. The molecule has 0 aliphatic carbocycles. The topological polar surface area (TPSA) is 12.4 Å². The SMILES string of the molecule is CSC(C=CSc1ccc(C)cc1)=Nc1ccccc1. The molecule has 0 aliphatic heterocycles. The van der Waals surface area contributed by atoms with Crippen LogP contribution in [0.2, 0.25) is 0 Å². The highest BCUT2D eigenvalue weighted by Gasteiger charge is 1.94. The van der Waals surface area contributed by atoms with Crippen molar-refractivity contribution in [3.8, 4) is 0 Å². The van der Waals surface area contributed by atoms with Crippen LogP contribution in [0, 0.1) is 6.92 Å². The van der Waals surface area contributed by atoms with Gasteiger partial charge in [-0.05, 0) is 48.9 Å². The van der Waals surface area contributed by atoms with Gasteiger partial charge in [-0.2, -0.15) is 0 Å². The second-order valence-electron chi connectivity index (χ2n) is 4.22. The number of rotatable bonds is 4. The first-order chi connectivity index (χ1) is 9.78. The van der Waals surface area contributed by atoms with Gasteiger partial charge in [0, 0.05) is 4.90 Å². The number of aryl methyl sites for hydroxylation is 1. The van der Waals surface area contributed by atoms with Crippen molar-refractivity contribution in [2.24, 2.45) is 4.99 Å². The average Bonchev–Trinajstić information content (AvgIpc) is 2.49. The number of hydrogen-bond donors (Lipinski definition) is 0. The van der Waals surface area contributed by atoms with Crippen LogP contribution >= 0.6 is 23.5 Å². The Morgan fingerprint density at radius 3 is 2.35 bits per heavy atom. The zero-order valence-corrected chi connectivity index (χ0v) is 13.2. The summed E-state index contributed by atoms with van der Waals surface area (Å²) in [5.41, 5.74) is 2.27. The van der Waals surface area contributed by atoms with E-state index in [1.807, 2.05) is 36.6 Å². The maximum absolute atomic E-state index is 4.60. The molecule has 0 N–H and O–H groups in total. The Kier molecular flexibility index (Phi) is 5.96. The lowest BCUT2D eigenvalue weighted by atomic mass is 10.2. The Hall–Kier alpha value is -1.45. The molecule has 0 aromatic heterocycles. The molecule has 0 aliphatic rings. The smallest absolute Gasteiger partial charge is 0.0969 e. The van der Waals surface area contributed by atoms with Gasteiger partial charge in [0.1, 0.15) is 0 Å². The van der Waals surface area contributed by atoms with Crippen molar-refractivity contribution in [2.45, 2.75) is 11.8 Å². The summed E-state index contributed by atoms with van der Waals surface area (Å²) in [7, 11) is 0. The summed E-state index contributed by atoms with van der Waals surface area (Å²) in [6, 6.07) is 18.6. The van der Waals surface area contributed by atoms with Gasteiger partial charge < -0.3 is 0 Å². The molecule has 0 fully saturated rings. The zero-order valence-electron chi connectivity index (χ0n) is 11.6. The van der Waals surface area contributed by atoms with Crippen molar-refractivity contribution in [3.63, 3.8) is 0 Å². The molecular weight excluding hydrogens is 282 g/mol. The average molecular weight is 299 g/mol. The van der Waals surface area contributed by atoms with Gasteiger partial charge in [-0.3, -0.25) is 0 Å². The molecule has 2 aromatic carbocycles. The summed E-state index contributed by atoms with van der Waals surface area (Å²) in [5.74, 6) is 0. The van der Waals surface area contributed by atoms with Gasteiger partial charge in [-0.25, -0.2) is 4.99 Å². The highest BCUT2D eigenvalue weighted by molar-refractivity contribution is 8.13. The molecule has 0 radical (unpaired) electrons. The normalized spacial score (nSPS) is 12.0. The van der Waals surface area contributed by atoms with E-state index in [9.17, 15) is 0 Å². The van der Waals surface area contributed by atoms with Crippen molar-refractivity contribution in [2.75, 3.05) is 6.26 Å². The van der Waals surface area contributed by atoms with Crippen LogP contribution in [-0.4, -0.2) is 11.3 Å². The van der Waals surface area contributed by atoms with E-state index < -0.39 is 0 Å². The quantitative estimate of drug-likeness (QED) is 0.408. The summed E-state index contributed by atoms with van der Waals surface area (Å²) < 4.78 is 0. The van der Waals surface area contributed by atoms with Crippen LogP contribution in [0.25, 0.3) is 0 Å². The first-order valence-electron chi connectivity index (χ1n) is 6.35. The monoisotopic (exact) mass is 299 g/mol. The number of nitrogens with zero attached hydrogens (tertiary/aromatic N) is 1. The molecule has 0 amide bonds. The van der Waals surface area contributed by atoms with Crippen LogP contribution in [0.4, 0.5) is 5.69 Å². The summed E-state index contributed by atoms with van der Waals surface area (Å²) in [6.45, 7) is 2.10. The third-order valence-electron chi connectivity index (χ3n) is 2.64. The highest BCUT2D eigenvalue weighted by atomic mass is 32.2. The number of benzene rings is 2. The largest absolute Gasteiger partial charge is 0.242 e. The van der Waals surface area contributed by atoms with Crippen LogP contribution in [0.1, 0.15) is 5.56 Å². The Bertz CT molecular complexity index is 586. The van der Waals surface area contributed by atoms with Crippen molar-refractivity contribution in [3.05, 3.63) is 71.6 Å². The maximum Gasteiger partial charge on any atom is 0.0969 e. The first kappa shape index (κ1) is 14.9. The molecule has 0 heterocycles. The molecule has 102 valence electrons. The molecule has 0 bridgehead atoms. The van der Waals surface area contributed by atoms with Crippen molar-refractivity contribution < 1.29 is 0 Å². The minimum absolute atomic E-state index is 0.988. The standard InChI is InChI=1S/C17H17NS2/c1-14-8-10-16(11-9-14)20-13-12-17(19-2)18-15-6-4-3-5-7-15/h3-13H,1-2H3. The molecule has 0 saturated carbocycles. The molecule has 0 atom stereocenters. The molecule has 0 unspecified atom stereocenters. The minimum atomic E-state index is 0.988. The van der Waals surface area contributed by atoms with Crippen molar-refractivity contribution in [1.82, 2.24) is 0 Å². The van der Waals surface area contributed by atoms with Gasteiger partial charge in [-0.15, -0.1) is 11.8 Å². The van der Waals surface area contributed by atoms with Gasteiger partial charge in [0.15, 0.2) is 0 Å². The third-order valence-corrected chi connectivity index (χ3v) is 4.10. The van der Waals surface area contributed by atoms with E-state index >= 15 is 0 Å². The van der Waals surface area contributed by atoms with Crippen LogP contribution in [0.15, 0.2) is 76.0 Å². The van der Waals surface area contributed by atoms with E-state index in [0.717, 1.165) is 10.7 Å². The Morgan fingerprint density at radius 2 is 1.70 bits per heavy atom. The van der Waals surface area contributed by atoms with E-state index in [1.54, 1.807) is 23.5 Å². The molecule has 20 heavy (non-hydrogen) atoms. The number of hydrogen-bond acceptors (Lipinski definition) is 3. The fourth-order valence-electron chi connectivity index (χ4n) is 1.57. The van der Waals surface area contributed by atoms with E-state index in [1.165, 1.54) is 10.5 Å². The molecule has 0 spiro atoms. The van der Waals surface area contributed by atoms with Gasteiger partial charge >= 0.3 is 0 Å². The predicted octanol–water partition coefficient (Wildman–Crippen LogP) is 5.69. The molecule has 2 aromatic rings. The molecule has 1 nitrogen and oxygen atoms in total. The van der Waals surface area contributed by atoms with Crippen molar-refractivity contribution in [1.29, 1.82) is 0 Å². The van der Waals surface area contributed by atoms with Gasteiger partial charge in [-0.1, -0.05) is 47.7 Å². The fourth-order valence-corrected chi connectivity index (χ4v) is 2.70. The maximum atomic E-state index is 4.60. The zero-order chi connectivity index (χ0) is 14.2. The van der Waals surface area contributed by atoms with E-state index in [0.29, 0.717) is 0 Å². The Labute approximate surface area is 129 Å². The van der Waals surface area contributed by atoms with Gasteiger partial charge in [0.25, 0.3) is 0 Å². The lowest BCUT2D eigenvalue weighted by molar-refractivity contribution is 1.38. The first-order valence-corrected chi connectivity index (χ1v) is 8.46. The van der Waals surface area contributed by atoms with Crippen LogP contribution in [-0.2, 0) is 0 Å². The second-order valence-corrected chi connectivity index (χ2v) is 6.03. The Balaban J connectivity index is 2.01. The summed E-state index contributed by atoms with van der Waals surface area (Å²) in [5, 5.41) is 3.10. The van der Waals surface area contributed by atoms with Crippen LogP contribution in [0.3, 0.4) is 0 Å². The second kappa shape index (κ2) is 7.98. The summed E-state index contributed by atoms with van der Waals surface area (Å²) in [6.07, 6.45) is 4.10. The van der Waals surface area contributed by atoms with Crippen molar-refractivity contribution >= 4 is 34.3 Å². The minimum Gasteiger partial charge on any atom is -0.242 e. The van der Waals surface area contributed by atoms with E-state index in [2.05, 4.69) is 47.7 Å². The number of para-hydroxylation sites is 1. The predicted molar refractivity (Wildman–Crippen MR) is 93.2 cm³/mol. The van der Waals surface area contributed by atoms with E-state index in [4.69, 9.17) is 0 Å². The molecular formula is C17H17NS2. The third kappa shape index (κ3) is 4.91. The molecule has 2 rings (SSSR count). The van der Waals surface area contributed by atoms with Crippen LogP contribution in [0.5, 0.6) is 0 Å². The molecule has 3 heteroatoms. The van der Waals surface area contributed by atoms with Crippen LogP contribution < -0.4 is 0 Å². The van der Waals surface area contributed by atoms with Gasteiger partial charge in [0.05, 0.1) is 10.7 Å².